The summed E-state index contributed by atoms with van der Waals surface area (Å²) >= 11 is 0. The maximum atomic E-state index is 12.8. The molecule has 9 nitrogen and oxygen atoms in total. The van der Waals surface area contributed by atoms with Crippen LogP contribution in [0, 0.1) is 10.1 Å². The van der Waals surface area contributed by atoms with E-state index in [1.807, 2.05) is 51.1 Å². The van der Waals surface area contributed by atoms with Gasteiger partial charge < -0.3 is 15.0 Å². The van der Waals surface area contributed by atoms with Crippen molar-refractivity contribution in [3.05, 3.63) is 75.8 Å². The molecule has 9 heteroatoms. The molecule has 0 bridgehead atoms. The number of hydrogen-bond acceptors (Lipinski definition) is 6. The van der Waals surface area contributed by atoms with E-state index in [9.17, 15) is 24.5 Å². The van der Waals surface area contributed by atoms with E-state index >= 15 is 0 Å². The van der Waals surface area contributed by atoms with Crippen LogP contribution < -0.4 is 5.32 Å². The molecule has 0 heterocycles. The molecule has 170 valence electrons. The number of carbonyl (C=O) groups excluding carboxylic acids is 3. The van der Waals surface area contributed by atoms with E-state index < -0.39 is 35.0 Å². The van der Waals surface area contributed by atoms with Gasteiger partial charge in [-0.3, -0.25) is 19.7 Å². The van der Waals surface area contributed by atoms with Crippen LogP contribution in [0.1, 0.15) is 43.6 Å². The second-order valence-electron chi connectivity index (χ2n) is 8.25. The number of rotatable bonds is 8. The van der Waals surface area contributed by atoms with E-state index in [-0.39, 0.29) is 17.2 Å². The van der Waals surface area contributed by atoms with Crippen molar-refractivity contribution < 1.29 is 24.0 Å². The summed E-state index contributed by atoms with van der Waals surface area (Å²) in [6.07, 6.45) is 0. The van der Waals surface area contributed by atoms with Crippen LogP contribution in [0.25, 0.3) is 0 Å². The first-order chi connectivity index (χ1) is 15.0. The second kappa shape index (κ2) is 10.5. The highest BCUT2D eigenvalue weighted by Crippen LogP contribution is 2.18. The summed E-state index contributed by atoms with van der Waals surface area (Å²) < 4.78 is 5.13. The first kappa shape index (κ1) is 24.5. The summed E-state index contributed by atoms with van der Waals surface area (Å²) in [6, 6.07) is 13.6. The van der Waals surface area contributed by atoms with Gasteiger partial charge in [0.05, 0.1) is 4.92 Å². The molecule has 1 atom stereocenters. The average Bonchev–Trinajstić information content (AvgIpc) is 2.75. The normalized spacial score (nSPS) is 11.9. The van der Waals surface area contributed by atoms with Crippen molar-refractivity contribution in [3.8, 4) is 0 Å². The molecule has 0 saturated carbocycles. The predicted molar refractivity (Wildman–Crippen MR) is 118 cm³/mol. The number of nitrogens with one attached hydrogen (secondary N) is 1. The fraction of sp³-hybridized carbons (Fsp3) is 0.348. The summed E-state index contributed by atoms with van der Waals surface area (Å²) in [5.41, 5.74) is 0.247. The quantitative estimate of drug-likeness (QED) is 0.382. The molecule has 32 heavy (non-hydrogen) atoms. The van der Waals surface area contributed by atoms with E-state index in [0.717, 1.165) is 11.6 Å². The maximum Gasteiger partial charge on any atom is 0.328 e. The highest BCUT2D eigenvalue weighted by molar-refractivity contribution is 5.97. The Morgan fingerprint density at radius 2 is 1.75 bits per heavy atom. The van der Waals surface area contributed by atoms with Gasteiger partial charge in [0.2, 0.25) is 0 Å². The van der Waals surface area contributed by atoms with E-state index in [2.05, 4.69) is 5.32 Å². The third-order valence-corrected chi connectivity index (χ3v) is 4.65. The number of hydrogen-bond donors (Lipinski definition) is 1. The largest absolute Gasteiger partial charge is 0.454 e. The summed E-state index contributed by atoms with van der Waals surface area (Å²) in [5.74, 6) is -1.82. The van der Waals surface area contributed by atoms with E-state index in [1.165, 1.54) is 25.1 Å². The summed E-state index contributed by atoms with van der Waals surface area (Å²) in [6.45, 7) is 6.96. The number of non-ortho nitro benzene ring substituents is 1. The topological polar surface area (TPSA) is 119 Å². The van der Waals surface area contributed by atoms with Gasteiger partial charge in [-0.2, -0.15) is 0 Å². The Kier molecular flexibility index (Phi) is 8.06. The van der Waals surface area contributed by atoms with Crippen LogP contribution in [0.2, 0.25) is 0 Å². The number of nitrogens with zero attached hydrogens (tertiary/aromatic N) is 2. The standard InChI is InChI=1S/C23H27N3O6/c1-16(24-21(28)18-11-8-12-19(13-18)26(30)31)22(29)32-15-20(27)25(23(2,3)4)14-17-9-6-5-7-10-17/h5-13,16H,14-15H2,1-4H3,(H,24,28)/t16-/m0/s1. The van der Waals surface area contributed by atoms with Gasteiger partial charge in [-0.1, -0.05) is 36.4 Å². The zero-order chi connectivity index (χ0) is 23.9. The van der Waals surface area contributed by atoms with E-state index in [1.54, 1.807) is 4.90 Å². The molecule has 2 amide bonds. The van der Waals surface area contributed by atoms with Crippen molar-refractivity contribution in [2.75, 3.05) is 6.61 Å². The van der Waals surface area contributed by atoms with Gasteiger partial charge in [0.25, 0.3) is 17.5 Å². The van der Waals surface area contributed by atoms with Crippen LogP contribution in [0.15, 0.2) is 54.6 Å². The molecule has 0 aliphatic carbocycles. The lowest BCUT2D eigenvalue weighted by atomic mass is 10.0. The van der Waals surface area contributed by atoms with E-state index in [4.69, 9.17) is 4.74 Å². The SMILES string of the molecule is C[C@H](NC(=O)c1cccc([N+](=O)[O-])c1)C(=O)OCC(=O)N(Cc1ccccc1)C(C)(C)C. The number of carbonyl (C=O) groups is 3. The van der Waals surface area contributed by atoms with Gasteiger partial charge in [0.15, 0.2) is 6.61 Å². The zero-order valence-electron chi connectivity index (χ0n) is 18.5. The smallest absolute Gasteiger partial charge is 0.328 e. The van der Waals surface area contributed by atoms with Crippen LogP contribution in [0.3, 0.4) is 0 Å². The second-order valence-corrected chi connectivity index (χ2v) is 8.25. The minimum Gasteiger partial charge on any atom is -0.454 e. The molecule has 2 aromatic carbocycles. The zero-order valence-corrected chi connectivity index (χ0v) is 18.5. The van der Waals surface area contributed by atoms with Gasteiger partial charge in [0, 0.05) is 29.8 Å². The molecule has 0 saturated heterocycles. The first-order valence-corrected chi connectivity index (χ1v) is 10.1. The summed E-state index contributed by atoms with van der Waals surface area (Å²) in [7, 11) is 0. The molecule has 0 unspecified atom stereocenters. The number of esters is 1. The monoisotopic (exact) mass is 441 g/mol. The lowest BCUT2D eigenvalue weighted by Gasteiger charge is -2.35. The van der Waals surface area contributed by atoms with Crippen LogP contribution in [-0.2, 0) is 20.9 Å². The molecule has 0 spiro atoms. The number of ether oxygens (including phenoxy) is 1. The Balaban J connectivity index is 1.96. The summed E-state index contributed by atoms with van der Waals surface area (Å²) in [5, 5.41) is 13.3. The molecule has 2 rings (SSSR count). The highest BCUT2D eigenvalue weighted by atomic mass is 16.6. The lowest BCUT2D eigenvalue weighted by molar-refractivity contribution is -0.384. The van der Waals surface area contributed by atoms with Crippen LogP contribution in [-0.4, -0.2) is 45.8 Å². The molecule has 0 radical (unpaired) electrons. The highest BCUT2D eigenvalue weighted by Gasteiger charge is 2.28. The first-order valence-electron chi connectivity index (χ1n) is 10.1. The van der Waals surface area contributed by atoms with Gasteiger partial charge in [-0.15, -0.1) is 0 Å². The third-order valence-electron chi connectivity index (χ3n) is 4.65. The lowest BCUT2D eigenvalue weighted by Crippen LogP contribution is -2.47. The predicted octanol–water partition coefficient (Wildman–Crippen LogP) is 3.08. The molecule has 2 aromatic rings. The van der Waals surface area contributed by atoms with Gasteiger partial charge in [-0.25, -0.2) is 4.79 Å². The molecule has 0 aromatic heterocycles. The summed E-state index contributed by atoms with van der Waals surface area (Å²) in [4.78, 5) is 49.2. The number of nitro groups is 1. The van der Waals surface area contributed by atoms with Crippen LogP contribution in [0.5, 0.6) is 0 Å². The van der Waals surface area contributed by atoms with Crippen LogP contribution >= 0.6 is 0 Å². The number of amides is 2. The minimum absolute atomic E-state index is 0.0386. The Bertz CT molecular complexity index is 985. The number of nitro benzene ring substituents is 1. The Labute approximate surface area is 186 Å². The van der Waals surface area contributed by atoms with E-state index in [0.29, 0.717) is 6.54 Å². The molecular formula is C23H27N3O6. The molecular weight excluding hydrogens is 414 g/mol. The third kappa shape index (κ3) is 6.90. The molecule has 0 fully saturated rings. The molecule has 0 aliphatic heterocycles. The molecule has 1 N–H and O–H groups in total. The van der Waals surface area contributed by atoms with Gasteiger partial charge >= 0.3 is 5.97 Å². The maximum absolute atomic E-state index is 12.8. The Morgan fingerprint density at radius 1 is 1.09 bits per heavy atom. The van der Waals surface area contributed by atoms with Gasteiger partial charge in [-0.05, 0) is 39.3 Å². The molecule has 0 aliphatic rings. The number of benzene rings is 2. The van der Waals surface area contributed by atoms with Crippen molar-refractivity contribution >= 4 is 23.5 Å². The van der Waals surface area contributed by atoms with Crippen LogP contribution in [0.4, 0.5) is 5.69 Å². The van der Waals surface area contributed by atoms with Crippen molar-refractivity contribution in [2.45, 2.75) is 45.8 Å². The van der Waals surface area contributed by atoms with Crippen molar-refractivity contribution in [1.29, 1.82) is 0 Å². The Hall–Kier alpha value is -3.75. The minimum atomic E-state index is -1.05. The Morgan fingerprint density at radius 3 is 2.34 bits per heavy atom. The average molecular weight is 441 g/mol. The van der Waals surface area contributed by atoms with Crippen molar-refractivity contribution in [2.24, 2.45) is 0 Å². The fourth-order valence-corrected chi connectivity index (χ4v) is 2.90. The van der Waals surface area contributed by atoms with Crippen molar-refractivity contribution in [3.63, 3.8) is 0 Å². The fourth-order valence-electron chi connectivity index (χ4n) is 2.90. The van der Waals surface area contributed by atoms with Crippen molar-refractivity contribution in [1.82, 2.24) is 10.2 Å². The van der Waals surface area contributed by atoms with Gasteiger partial charge in [0.1, 0.15) is 6.04 Å².